The summed E-state index contributed by atoms with van der Waals surface area (Å²) in [5, 5.41) is 3.55. The number of carbonyl (C=O) groups excluding carboxylic acids is 2. The Kier molecular flexibility index (Phi) is 6.93. The van der Waals surface area contributed by atoms with Gasteiger partial charge in [-0.25, -0.2) is 0 Å². The number of halogens is 1. The third-order valence-corrected chi connectivity index (χ3v) is 5.16. The number of ether oxygens (including phenoxy) is 1. The summed E-state index contributed by atoms with van der Waals surface area (Å²) in [5.41, 5.74) is 1.77. The molecule has 1 fully saturated rings. The minimum atomic E-state index is -0.0618. The lowest BCUT2D eigenvalue weighted by atomic mass is 9.95. The molecule has 1 heterocycles. The van der Waals surface area contributed by atoms with Crippen molar-refractivity contribution in [1.82, 2.24) is 10.2 Å². The normalized spacial score (nSPS) is 14.6. The molecule has 0 unspecified atom stereocenters. The van der Waals surface area contributed by atoms with Crippen molar-refractivity contribution < 1.29 is 14.3 Å². The van der Waals surface area contributed by atoms with E-state index in [0.717, 1.165) is 11.3 Å². The number of rotatable bonds is 6. The second-order valence-corrected chi connectivity index (χ2v) is 7.47. The van der Waals surface area contributed by atoms with Gasteiger partial charge in [-0.15, -0.1) is 0 Å². The third-order valence-electron chi connectivity index (χ3n) is 4.90. The minimum Gasteiger partial charge on any atom is -0.492 e. The van der Waals surface area contributed by atoms with Crippen molar-refractivity contribution in [2.75, 3.05) is 26.2 Å². The van der Waals surface area contributed by atoms with Crippen molar-refractivity contribution in [2.24, 2.45) is 5.92 Å². The van der Waals surface area contributed by atoms with Crippen LogP contribution >= 0.6 is 11.6 Å². The standard InChI is InChI=1S/C22H25ClN2O3/c1-16-3-2-4-20(15-16)28-14-11-24-21(26)17-9-12-25(13-10-17)22(27)18-5-7-19(23)8-6-18/h2-8,15,17H,9-14H2,1H3,(H,24,26). The van der Waals surface area contributed by atoms with Crippen LogP contribution in [0.4, 0.5) is 0 Å². The summed E-state index contributed by atoms with van der Waals surface area (Å²) in [4.78, 5) is 26.7. The van der Waals surface area contributed by atoms with E-state index in [0.29, 0.717) is 49.7 Å². The van der Waals surface area contributed by atoms with Crippen LogP contribution < -0.4 is 10.1 Å². The molecule has 0 spiro atoms. The van der Waals surface area contributed by atoms with E-state index in [-0.39, 0.29) is 17.7 Å². The van der Waals surface area contributed by atoms with Crippen molar-refractivity contribution >= 4 is 23.4 Å². The Balaban J connectivity index is 1.38. The lowest BCUT2D eigenvalue weighted by Gasteiger charge is -2.31. The van der Waals surface area contributed by atoms with Crippen molar-refractivity contribution in [3.8, 4) is 5.75 Å². The molecule has 0 radical (unpaired) electrons. The zero-order valence-electron chi connectivity index (χ0n) is 16.0. The molecule has 148 valence electrons. The Hall–Kier alpha value is -2.53. The third kappa shape index (κ3) is 5.49. The minimum absolute atomic E-state index is 0.0120. The van der Waals surface area contributed by atoms with Gasteiger partial charge < -0.3 is 15.0 Å². The first-order valence-corrected chi connectivity index (χ1v) is 9.93. The number of amides is 2. The molecule has 0 saturated carbocycles. The van der Waals surface area contributed by atoms with Gasteiger partial charge in [0.2, 0.25) is 5.91 Å². The van der Waals surface area contributed by atoms with E-state index in [1.54, 1.807) is 29.2 Å². The van der Waals surface area contributed by atoms with E-state index in [9.17, 15) is 9.59 Å². The molecule has 2 aromatic carbocycles. The SMILES string of the molecule is Cc1cccc(OCCNC(=O)C2CCN(C(=O)c3ccc(Cl)cc3)CC2)c1. The Labute approximate surface area is 170 Å². The summed E-state index contributed by atoms with van der Waals surface area (Å²) < 4.78 is 5.65. The predicted octanol–water partition coefficient (Wildman–Crippen LogP) is 3.70. The molecule has 0 atom stereocenters. The van der Waals surface area contributed by atoms with Crippen LogP contribution in [0.3, 0.4) is 0 Å². The van der Waals surface area contributed by atoms with Crippen molar-refractivity contribution in [1.29, 1.82) is 0 Å². The first kappa shape index (κ1) is 20.2. The van der Waals surface area contributed by atoms with Crippen LogP contribution in [0.2, 0.25) is 5.02 Å². The number of likely N-dealkylation sites (tertiary alicyclic amines) is 1. The van der Waals surface area contributed by atoms with Crippen LogP contribution in [0, 0.1) is 12.8 Å². The fraction of sp³-hybridized carbons (Fsp3) is 0.364. The van der Waals surface area contributed by atoms with E-state index in [2.05, 4.69) is 5.32 Å². The number of aryl methyl sites for hydroxylation is 1. The van der Waals surface area contributed by atoms with Gasteiger partial charge in [0.1, 0.15) is 12.4 Å². The largest absolute Gasteiger partial charge is 0.492 e. The maximum Gasteiger partial charge on any atom is 0.253 e. The molecular weight excluding hydrogens is 376 g/mol. The Bertz CT molecular complexity index is 815. The maximum atomic E-state index is 12.5. The average Bonchev–Trinajstić information content (AvgIpc) is 2.71. The van der Waals surface area contributed by atoms with Crippen molar-refractivity contribution in [3.05, 3.63) is 64.7 Å². The van der Waals surface area contributed by atoms with Crippen LogP contribution in [0.5, 0.6) is 5.75 Å². The lowest BCUT2D eigenvalue weighted by molar-refractivity contribution is -0.126. The van der Waals surface area contributed by atoms with E-state index in [1.165, 1.54) is 0 Å². The van der Waals surface area contributed by atoms with Gasteiger partial charge in [-0.2, -0.15) is 0 Å². The highest BCUT2D eigenvalue weighted by Crippen LogP contribution is 2.20. The molecule has 0 aromatic heterocycles. The molecule has 1 aliphatic heterocycles. The van der Waals surface area contributed by atoms with E-state index in [4.69, 9.17) is 16.3 Å². The summed E-state index contributed by atoms with van der Waals surface area (Å²) >= 11 is 5.87. The van der Waals surface area contributed by atoms with Gasteiger partial charge in [-0.3, -0.25) is 9.59 Å². The summed E-state index contributed by atoms with van der Waals surface area (Å²) in [6, 6.07) is 14.7. The van der Waals surface area contributed by atoms with Crippen LogP contribution in [0.25, 0.3) is 0 Å². The van der Waals surface area contributed by atoms with Crippen LogP contribution in [-0.4, -0.2) is 43.0 Å². The highest BCUT2D eigenvalue weighted by molar-refractivity contribution is 6.30. The molecule has 0 aliphatic carbocycles. The average molecular weight is 401 g/mol. The number of hydrogen-bond acceptors (Lipinski definition) is 3. The van der Waals surface area contributed by atoms with Gasteiger partial charge in [0.05, 0.1) is 6.54 Å². The maximum absolute atomic E-state index is 12.5. The second kappa shape index (κ2) is 9.60. The Morgan fingerprint density at radius 1 is 1.14 bits per heavy atom. The van der Waals surface area contributed by atoms with Gasteiger partial charge in [0.25, 0.3) is 5.91 Å². The number of nitrogens with one attached hydrogen (secondary N) is 1. The summed E-state index contributed by atoms with van der Waals surface area (Å²) in [6.07, 6.45) is 1.34. The first-order chi connectivity index (χ1) is 13.5. The number of carbonyl (C=O) groups is 2. The van der Waals surface area contributed by atoms with E-state index >= 15 is 0 Å². The zero-order valence-corrected chi connectivity index (χ0v) is 16.7. The van der Waals surface area contributed by atoms with Gasteiger partial charge in [-0.05, 0) is 61.7 Å². The summed E-state index contributed by atoms with van der Waals surface area (Å²) in [5.74, 6) is 0.769. The molecule has 6 heteroatoms. The van der Waals surface area contributed by atoms with Crippen LogP contribution in [0.15, 0.2) is 48.5 Å². The predicted molar refractivity (Wildman–Crippen MR) is 110 cm³/mol. The molecule has 3 rings (SSSR count). The fourth-order valence-electron chi connectivity index (χ4n) is 3.31. The van der Waals surface area contributed by atoms with Gasteiger partial charge in [0, 0.05) is 29.6 Å². The quantitative estimate of drug-likeness (QED) is 0.752. The number of hydrogen-bond donors (Lipinski definition) is 1. The van der Waals surface area contributed by atoms with Crippen molar-refractivity contribution in [3.63, 3.8) is 0 Å². The van der Waals surface area contributed by atoms with E-state index < -0.39 is 0 Å². The van der Waals surface area contributed by atoms with Gasteiger partial charge in [-0.1, -0.05) is 23.7 Å². The second-order valence-electron chi connectivity index (χ2n) is 7.03. The van der Waals surface area contributed by atoms with Crippen LogP contribution in [-0.2, 0) is 4.79 Å². The Morgan fingerprint density at radius 2 is 1.86 bits per heavy atom. The Morgan fingerprint density at radius 3 is 2.54 bits per heavy atom. The van der Waals surface area contributed by atoms with E-state index in [1.807, 2.05) is 31.2 Å². The monoisotopic (exact) mass is 400 g/mol. The summed E-state index contributed by atoms with van der Waals surface area (Å²) in [7, 11) is 0. The number of piperidine rings is 1. The molecule has 1 saturated heterocycles. The molecule has 5 nitrogen and oxygen atoms in total. The molecule has 1 aliphatic rings. The smallest absolute Gasteiger partial charge is 0.253 e. The van der Waals surface area contributed by atoms with Crippen molar-refractivity contribution in [2.45, 2.75) is 19.8 Å². The lowest BCUT2D eigenvalue weighted by Crippen LogP contribution is -2.43. The highest BCUT2D eigenvalue weighted by atomic mass is 35.5. The fourth-order valence-corrected chi connectivity index (χ4v) is 3.44. The molecule has 2 aromatic rings. The molecule has 2 amide bonds. The zero-order chi connectivity index (χ0) is 19.9. The molecule has 0 bridgehead atoms. The highest BCUT2D eigenvalue weighted by Gasteiger charge is 2.27. The first-order valence-electron chi connectivity index (χ1n) is 9.55. The topological polar surface area (TPSA) is 58.6 Å². The molecular formula is C22H25ClN2O3. The van der Waals surface area contributed by atoms with Crippen LogP contribution in [0.1, 0.15) is 28.8 Å². The summed E-state index contributed by atoms with van der Waals surface area (Å²) in [6.45, 7) is 4.08. The van der Waals surface area contributed by atoms with Gasteiger partial charge >= 0.3 is 0 Å². The molecule has 28 heavy (non-hydrogen) atoms. The number of nitrogens with zero attached hydrogens (tertiary/aromatic N) is 1. The van der Waals surface area contributed by atoms with Gasteiger partial charge in [0.15, 0.2) is 0 Å². The molecule has 1 N–H and O–H groups in total. The number of benzene rings is 2.